The maximum Gasteiger partial charge on any atom is 0.188 e. The lowest BCUT2D eigenvalue weighted by atomic mass is 10.4. The molecule has 0 amide bonds. The molecule has 2 aromatic rings. The topological polar surface area (TPSA) is 51.0 Å². The van der Waals surface area contributed by atoms with E-state index in [2.05, 4.69) is 22.2 Å². The minimum atomic E-state index is 0.418. The summed E-state index contributed by atoms with van der Waals surface area (Å²) < 4.78 is 5.26. The molecule has 0 saturated carbocycles. The van der Waals surface area contributed by atoms with Crippen LogP contribution in [0.15, 0.2) is 40.2 Å². The molecule has 2 rings (SSSR count). The zero-order valence-electron chi connectivity index (χ0n) is 10.6. The number of furan rings is 1. The number of hydrogen-bond acceptors (Lipinski definition) is 5. The molecule has 2 heterocycles. The van der Waals surface area contributed by atoms with Crippen LogP contribution in [0, 0.1) is 6.92 Å². The van der Waals surface area contributed by atoms with Gasteiger partial charge in [0.2, 0.25) is 0 Å². The van der Waals surface area contributed by atoms with E-state index in [1.54, 1.807) is 24.2 Å². The van der Waals surface area contributed by atoms with Gasteiger partial charge < -0.3 is 9.73 Å². The molecular weight excluding hydrogens is 246 g/mol. The summed E-state index contributed by atoms with van der Waals surface area (Å²) in [6.07, 6.45) is 3.49. The first-order chi connectivity index (χ1) is 8.74. The maximum absolute atomic E-state index is 5.26. The lowest BCUT2D eigenvalue weighted by Gasteiger charge is -2.10. The highest BCUT2D eigenvalue weighted by atomic mass is 32.2. The number of aromatic nitrogens is 2. The molecule has 0 saturated heterocycles. The fraction of sp³-hybridized carbons (Fsp3) is 0.385. The van der Waals surface area contributed by atoms with Crippen molar-refractivity contribution in [3.63, 3.8) is 0 Å². The third kappa shape index (κ3) is 4.16. The molecule has 1 unspecified atom stereocenters. The van der Waals surface area contributed by atoms with Gasteiger partial charge in [-0.2, -0.15) is 0 Å². The second-order valence-electron chi connectivity index (χ2n) is 4.12. The van der Waals surface area contributed by atoms with Crippen molar-refractivity contribution >= 4 is 11.8 Å². The number of hydrogen-bond donors (Lipinski definition) is 1. The highest BCUT2D eigenvalue weighted by Crippen LogP contribution is 2.18. The van der Waals surface area contributed by atoms with Crippen molar-refractivity contribution in [1.82, 2.24) is 15.3 Å². The molecule has 0 aliphatic carbocycles. The van der Waals surface area contributed by atoms with Crippen molar-refractivity contribution in [2.75, 3.05) is 6.54 Å². The summed E-state index contributed by atoms with van der Waals surface area (Å²) in [6.45, 7) is 5.78. The first kappa shape index (κ1) is 13.1. The number of thioether (sulfide) groups is 1. The molecule has 0 spiro atoms. The Bertz CT molecular complexity index is 473. The standard InChI is InChI=1S/C13H17N3OS/c1-10-5-6-15-13(16-10)18-11(2)8-14-9-12-4-3-7-17-12/h3-7,11,14H,8-9H2,1-2H3. The Hall–Kier alpha value is -1.33. The molecule has 96 valence electrons. The van der Waals surface area contributed by atoms with Crippen LogP contribution in [0.1, 0.15) is 18.4 Å². The monoisotopic (exact) mass is 263 g/mol. The second kappa shape index (κ2) is 6.56. The summed E-state index contributed by atoms with van der Waals surface area (Å²) in [5.41, 5.74) is 1.00. The van der Waals surface area contributed by atoms with Crippen molar-refractivity contribution in [2.45, 2.75) is 30.8 Å². The molecule has 0 aliphatic heterocycles. The average Bonchev–Trinajstić information content (AvgIpc) is 2.82. The predicted molar refractivity (Wildman–Crippen MR) is 72.5 cm³/mol. The summed E-state index contributed by atoms with van der Waals surface area (Å²) in [5.74, 6) is 0.957. The lowest BCUT2D eigenvalue weighted by Crippen LogP contribution is -2.22. The van der Waals surface area contributed by atoms with Crippen LogP contribution in [0.4, 0.5) is 0 Å². The van der Waals surface area contributed by atoms with Crippen LogP contribution in [-0.4, -0.2) is 21.8 Å². The van der Waals surface area contributed by atoms with Gasteiger partial charge >= 0.3 is 0 Å². The highest BCUT2D eigenvalue weighted by molar-refractivity contribution is 7.99. The van der Waals surface area contributed by atoms with Gasteiger partial charge in [0, 0.05) is 23.7 Å². The van der Waals surface area contributed by atoms with E-state index in [1.165, 1.54) is 0 Å². The summed E-state index contributed by atoms with van der Waals surface area (Å²) in [7, 11) is 0. The van der Waals surface area contributed by atoms with Gasteiger partial charge in [0.1, 0.15) is 5.76 Å². The quantitative estimate of drug-likeness (QED) is 0.641. The molecule has 0 aromatic carbocycles. The van der Waals surface area contributed by atoms with Crippen molar-refractivity contribution < 1.29 is 4.42 Å². The Morgan fingerprint density at radius 2 is 2.33 bits per heavy atom. The fourth-order valence-corrected chi connectivity index (χ4v) is 2.40. The average molecular weight is 263 g/mol. The Balaban J connectivity index is 1.73. The highest BCUT2D eigenvalue weighted by Gasteiger charge is 2.06. The summed E-state index contributed by atoms with van der Waals surface area (Å²) in [4.78, 5) is 8.62. The largest absolute Gasteiger partial charge is 0.468 e. The summed E-state index contributed by atoms with van der Waals surface area (Å²) in [6, 6.07) is 5.77. The summed E-state index contributed by atoms with van der Waals surface area (Å²) in [5, 5.41) is 4.61. The molecule has 4 nitrogen and oxygen atoms in total. The zero-order chi connectivity index (χ0) is 12.8. The maximum atomic E-state index is 5.26. The third-order valence-electron chi connectivity index (χ3n) is 2.39. The second-order valence-corrected chi connectivity index (χ2v) is 5.52. The number of nitrogens with one attached hydrogen (secondary N) is 1. The van der Waals surface area contributed by atoms with Gasteiger partial charge in [-0.3, -0.25) is 0 Å². The third-order valence-corrected chi connectivity index (χ3v) is 3.37. The minimum absolute atomic E-state index is 0.418. The predicted octanol–water partition coefficient (Wildman–Crippen LogP) is 2.65. The molecular formula is C13H17N3OS. The van der Waals surface area contributed by atoms with E-state index >= 15 is 0 Å². The van der Waals surface area contributed by atoms with E-state index in [9.17, 15) is 0 Å². The number of nitrogens with zero attached hydrogens (tertiary/aromatic N) is 2. The van der Waals surface area contributed by atoms with Gasteiger partial charge in [-0.15, -0.1) is 0 Å². The molecule has 0 aliphatic rings. The molecule has 1 N–H and O–H groups in total. The van der Waals surface area contributed by atoms with E-state index in [1.807, 2.05) is 25.1 Å². The van der Waals surface area contributed by atoms with Gasteiger partial charge in [-0.05, 0) is 25.1 Å². The van der Waals surface area contributed by atoms with Crippen LogP contribution in [0.2, 0.25) is 0 Å². The fourth-order valence-electron chi connectivity index (χ4n) is 1.52. The molecule has 0 fully saturated rings. The Morgan fingerprint density at radius 3 is 3.06 bits per heavy atom. The number of rotatable bonds is 6. The smallest absolute Gasteiger partial charge is 0.188 e. The normalized spacial score (nSPS) is 12.6. The van der Waals surface area contributed by atoms with Crippen LogP contribution >= 0.6 is 11.8 Å². The van der Waals surface area contributed by atoms with E-state index in [0.29, 0.717) is 5.25 Å². The zero-order valence-corrected chi connectivity index (χ0v) is 11.4. The molecule has 18 heavy (non-hydrogen) atoms. The first-order valence-corrected chi connectivity index (χ1v) is 6.81. The molecule has 0 radical (unpaired) electrons. The molecule has 0 bridgehead atoms. The van der Waals surface area contributed by atoms with Crippen LogP contribution in [-0.2, 0) is 6.54 Å². The molecule has 5 heteroatoms. The van der Waals surface area contributed by atoms with E-state index < -0.39 is 0 Å². The van der Waals surface area contributed by atoms with E-state index in [0.717, 1.165) is 29.7 Å². The van der Waals surface area contributed by atoms with Crippen LogP contribution in [0.3, 0.4) is 0 Å². The Morgan fingerprint density at radius 1 is 1.44 bits per heavy atom. The Kier molecular flexibility index (Phi) is 4.78. The van der Waals surface area contributed by atoms with Gasteiger partial charge in [-0.25, -0.2) is 9.97 Å². The van der Waals surface area contributed by atoms with Crippen LogP contribution in [0.25, 0.3) is 0 Å². The van der Waals surface area contributed by atoms with E-state index in [4.69, 9.17) is 4.42 Å². The van der Waals surface area contributed by atoms with Gasteiger partial charge in [0.15, 0.2) is 5.16 Å². The molecule has 1 atom stereocenters. The summed E-state index contributed by atoms with van der Waals surface area (Å²) >= 11 is 1.68. The van der Waals surface area contributed by atoms with Crippen molar-refractivity contribution in [3.8, 4) is 0 Å². The van der Waals surface area contributed by atoms with Crippen molar-refractivity contribution in [1.29, 1.82) is 0 Å². The van der Waals surface area contributed by atoms with Gasteiger partial charge in [0.05, 0.1) is 12.8 Å². The van der Waals surface area contributed by atoms with Crippen molar-refractivity contribution in [3.05, 3.63) is 42.1 Å². The Labute approximate surface area is 111 Å². The van der Waals surface area contributed by atoms with Gasteiger partial charge in [0.25, 0.3) is 0 Å². The first-order valence-electron chi connectivity index (χ1n) is 5.93. The van der Waals surface area contributed by atoms with E-state index in [-0.39, 0.29) is 0 Å². The minimum Gasteiger partial charge on any atom is -0.468 e. The van der Waals surface area contributed by atoms with Crippen LogP contribution in [0.5, 0.6) is 0 Å². The molecule has 2 aromatic heterocycles. The SMILES string of the molecule is Cc1ccnc(SC(C)CNCc2ccco2)n1. The lowest BCUT2D eigenvalue weighted by molar-refractivity contribution is 0.484. The van der Waals surface area contributed by atoms with Crippen LogP contribution < -0.4 is 5.32 Å². The number of aryl methyl sites for hydroxylation is 1. The van der Waals surface area contributed by atoms with Crippen molar-refractivity contribution in [2.24, 2.45) is 0 Å². The van der Waals surface area contributed by atoms with Gasteiger partial charge in [-0.1, -0.05) is 18.7 Å².